The fourth-order valence-corrected chi connectivity index (χ4v) is 4.40. The molecule has 2 fully saturated rings. The Kier molecular flexibility index (Phi) is 4.89. The van der Waals surface area contributed by atoms with Crippen LogP contribution >= 0.6 is 0 Å². The van der Waals surface area contributed by atoms with Gasteiger partial charge in [0.15, 0.2) is 0 Å². The molecule has 1 amide bonds. The van der Waals surface area contributed by atoms with Gasteiger partial charge in [0.1, 0.15) is 5.82 Å². The van der Waals surface area contributed by atoms with Crippen molar-refractivity contribution >= 4 is 11.9 Å². The highest BCUT2D eigenvalue weighted by atomic mass is 19.1. The third-order valence-electron chi connectivity index (χ3n) is 6.01. The summed E-state index contributed by atoms with van der Waals surface area (Å²) in [4.78, 5) is 26.6. The Balaban J connectivity index is 1.58. The Bertz CT molecular complexity index is 890. The molecule has 4 rings (SSSR count). The number of carbonyl (C=O) groups excluding carboxylic acids is 1. The number of hydrogen-bond donors (Lipinski definition) is 1. The molecule has 1 atom stereocenters. The van der Waals surface area contributed by atoms with Gasteiger partial charge < -0.3 is 14.7 Å². The van der Waals surface area contributed by atoms with Crippen LogP contribution in [0.1, 0.15) is 23.2 Å². The monoisotopic (exact) mass is 383 g/mol. The first-order chi connectivity index (χ1) is 13.5. The van der Waals surface area contributed by atoms with Crippen LogP contribution in [0.2, 0.25) is 0 Å². The highest BCUT2D eigenvalue weighted by Gasteiger charge is 2.52. The summed E-state index contributed by atoms with van der Waals surface area (Å²) in [6.45, 7) is 1.72. The molecule has 0 aliphatic carbocycles. The van der Waals surface area contributed by atoms with Crippen LogP contribution in [0.5, 0.6) is 0 Å². The summed E-state index contributed by atoms with van der Waals surface area (Å²) in [5.74, 6) is -1.90. The van der Waals surface area contributed by atoms with Crippen LogP contribution in [0, 0.1) is 17.2 Å². The number of halogens is 1. The molecule has 28 heavy (non-hydrogen) atoms. The summed E-state index contributed by atoms with van der Waals surface area (Å²) in [5, 5.41) is 9.71. The van der Waals surface area contributed by atoms with E-state index in [1.54, 1.807) is 35.2 Å². The Labute approximate surface area is 162 Å². The second-order valence-corrected chi connectivity index (χ2v) is 7.64. The minimum atomic E-state index is -0.850. The molecule has 2 saturated heterocycles. The van der Waals surface area contributed by atoms with Crippen LogP contribution in [0.25, 0.3) is 11.1 Å². The second kappa shape index (κ2) is 7.36. The first-order valence-electron chi connectivity index (χ1n) is 9.44. The zero-order valence-electron chi connectivity index (χ0n) is 15.4. The van der Waals surface area contributed by atoms with Gasteiger partial charge in [-0.05, 0) is 48.2 Å². The molecule has 2 aromatic rings. The van der Waals surface area contributed by atoms with Gasteiger partial charge >= 0.3 is 5.97 Å². The summed E-state index contributed by atoms with van der Waals surface area (Å²) >= 11 is 0. The molecule has 0 bridgehead atoms. The van der Waals surface area contributed by atoms with Crippen LogP contribution in [-0.4, -0.2) is 48.2 Å². The first kappa shape index (κ1) is 18.6. The van der Waals surface area contributed by atoms with Gasteiger partial charge in [-0.25, -0.2) is 4.39 Å². The molecule has 2 heterocycles. The fourth-order valence-electron chi connectivity index (χ4n) is 4.40. The Hall–Kier alpha value is -2.73. The molecule has 5 nitrogen and oxygen atoms in total. The maximum absolute atomic E-state index is 13.2. The summed E-state index contributed by atoms with van der Waals surface area (Å²) in [6, 6.07) is 13.3. The number of hydrogen-bond acceptors (Lipinski definition) is 3. The number of carboxylic acids is 1. The molecular weight excluding hydrogens is 361 g/mol. The Morgan fingerprint density at radius 3 is 2.46 bits per heavy atom. The standard InChI is InChI=1S/C22H22FNO4/c23-18-6-4-15(5-7-18)16-2-1-3-17(12-16)20(25)24-13-19(21(26)27)22(14-24)8-10-28-11-9-22/h1-7,12,19H,8-11,13-14H2,(H,26,27). The van der Waals surface area contributed by atoms with Gasteiger partial charge in [0, 0.05) is 37.3 Å². The zero-order chi connectivity index (χ0) is 19.7. The topological polar surface area (TPSA) is 66.8 Å². The van der Waals surface area contributed by atoms with E-state index in [0.717, 1.165) is 11.1 Å². The molecule has 0 saturated carbocycles. The number of aliphatic carboxylic acids is 1. The third kappa shape index (κ3) is 3.40. The quantitative estimate of drug-likeness (QED) is 0.882. The van der Waals surface area contributed by atoms with Gasteiger partial charge in [0.25, 0.3) is 5.91 Å². The lowest BCUT2D eigenvalue weighted by Gasteiger charge is -2.36. The lowest BCUT2D eigenvalue weighted by atomic mass is 9.72. The largest absolute Gasteiger partial charge is 0.481 e. The van der Waals surface area contributed by atoms with Gasteiger partial charge in [-0.1, -0.05) is 24.3 Å². The fraction of sp³-hybridized carbons (Fsp3) is 0.364. The lowest BCUT2D eigenvalue weighted by molar-refractivity contribution is -0.146. The number of rotatable bonds is 3. The van der Waals surface area contributed by atoms with E-state index in [9.17, 15) is 19.1 Å². The number of nitrogens with zero attached hydrogens (tertiary/aromatic N) is 1. The van der Waals surface area contributed by atoms with Crippen molar-refractivity contribution in [3.05, 3.63) is 59.9 Å². The minimum Gasteiger partial charge on any atom is -0.481 e. The van der Waals surface area contributed by atoms with Crippen molar-refractivity contribution in [3.63, 3.8) is 0 Å². The van der Waals surface area contributed by atoms with E-state index < -0.39 is 17.3 Å². The van der Waals surface area contributed by atoms with Crippen LogP contribution in [0.4, 0.5) is 4.39 Å². The van der Waals surface area contributed by atoms with Crippen molar-refractivity contribution in [1.82, 2.24) is 4.90 Å². The van der Waals surface area contributed by atoms with Gasteiger partial charge in [-0.15, -0.1) is 0 Å². The number of carboxylic acid groups (broad SMARTS) is 1. The van der Waals surface area contributed by atoms with E-state index in [2.05, 4.69) is 0 Å². The van der Waals surface area contributed by atoms with Crippen molar-refractivity contribution in [2.24, 2.45) is 11.3 Å². The Morgan fingerprint density at radius 1 is 1.07 bits per heavy atom. The number of ether oxygens (including phenoxy) is 1. The molecule has 1 unspecified atom stereocenters. The van der Waals surface area contributed by atoms with Crippen molar-refractivity contribution in [1.29, 1.82) is 0 Å². The summed E-state index contributed by atoms with van der Waals surface area (Å²) in [6.07, 6.45) is 1.31. The predicted octanol–water partition coefficient (Wildman–Crippen LogP) is 3.45. The van der Waals surface area contributed by atoms with E-state index >= 15 is 0 Å². The molecule has 0 aromatic heterocycles. The molecule has 2 aromatic carbocycles. The molecule has 2 aliphatic rings. The normalized spacial score (nSPS) is 21.0. The first-order valence-corrected chi connectivity index (χ1v) is 9.44. The molecule has 0 radical (unpaired) electrons. The molecule has 6 heteroatoms. The third-order valence-corrected chi connectivity index (χ3v) is 6.01. The van der Waals surface area contributed by atoms with Gasteiger partial charge in [0.05, 0.1) is 5.92 Å². The van der Waals surface area contributed by atoms with Crippen LogP contribution in [0.15, 0.2) is 48.5 Å². The van der Waals surface area contributed by atoms with Crippen LogP contribution in [0.3, 0.4) is 0 Å². The number of benzene rings is 2. The summed E-state index contributed by atoms with van der Waals surface area (Å²) in [5.41, 5.74) is 1.74. The lowest BCUT2D eigenvalue weighted by Crippen LogP contribution is -2.40. The second-order valence-electron chi connectivity index (χ2n) is 7.64. The van der Waals surface area contributed by atoms with Gasteiger partial charge in [0.2, 0.25) is 0 Å². The number of amides is 1. The maximum atomic E-state index is 13.2. The highest BCUT2D eigenvalue weighted by Crippen LogP contribution is 2.44. The van der Waals surface area contributed by atoms with Crippen LogP contribution in [-0.2, 0) is 9.53 Å². The average Bonchev–Trinajstić information content (AvgIpc) is 3.07. The van der Waals surface area contributed by atoms with Gasteiger partial charge in [-0.2, -0.15) is 0 Å². The molecular formula is C22H22FNO4. The van der Waals surface area contributed by atoms with E-state index in [1.165, 1.54) is 12.1 Å². The summed E-state index contributed by atoms with van der Waals surface area (Å²) < 4.78 is 18.6. The predicted molar refractivity (Wildman–Crippen MR) is 101 cm³/mol. The average molecular weight is 383 g/mol. The smallest absolute Gasteiger partial charge is 0.308 e. The molecule has 1 N–H and O–H groups in total. The number of likely N-dealkylation sites (tertiary alicyclic amines) is 1. The number of carbonyl (C=O) groups is 2. The van der Waals surface area contributed by atoms with Gasteiger partial charge in [-0.3, -0.25) is 9.59 Å². The van der Waals surface area contributed by atoms with E-state index in [-0.39, 0.29) is 18.3 Å². The van der Waals surface area contributed by atoms with Crippen molar-refractivity contribution in [3.8, 4) is 11.1 Å². The zero-order valence-corrected chi connectivity index (χ0v) is 15.4. The van der Waals surface area contributed by atoms with E-state index in [4.69, 9.17) is 4.74 Å². The maximum Gasteiger partial charge on any atom is 0.308 e. The molecule has 2 aliphatic heterocycles. The van der Waals surface area contributed by atoms with E-state index in [1.807, 2.05) is 6.07 Å². The van der Waals surface area contributed by atoms with Crippen molar-refractivity contribution in [2.45, 2.75) is 12.8 Å². The van der Waals surface area contributed by atoms with E-state index in [0.29, 0.717) is 38.2 Å². The molecule has 146 valence electrons. The Morgan fingerprint density at radius 2 is 1.79 bits per heavy atom. The highest BCUT2D eigenvalue weighted by molar-refractivity contribution is 5.96. The minimum absolute atomic E-state index is 0.168. The van der Waals surface area contributed by atoms with Crippen LogP contribution < -0.4 is 0 Å². The SMILES string of the molecule is O=C(O)C1CN(C(=O)c2cccc(-c3ccc(F)cc3)c2)CC12CCOCC2. The molecule has 1 spiro atoms. The van der Waals surface area contributed by atoms with Crippen molar-refractivity contribution < 1.29 is 23.8 Å². The van der Waals surface area contributed by atoms with Crippen molar-refractivity contribution in [2.75, 3.05) is 26.3 Å². The summed E-state index contributed by atoms with van der Waals surface area (Å²) in [7, 11) is 0.